The van der Waals surface area contributed by atoms with Crippen molar-refractivity contribution in [2.75, 3.05) is 5.32 Å². The Balaban J connectivity index is 1.75. The lowest BCUT2D eigenvalue weighted by Crippen LogP contribution is -2.13. The monoisotopic (exact) mass is 299 g/mol. The van der Waals surface area contributed by atoms with Crippen molar-refractivity contribution in [3.05, 3.63) is 59.8 Å². The largest absolute Gasteiger partial charge is 0.304 e. The Morgan fingerprint density at radius 1 is 1.32 bits per heavy atom. The molecule has 7 heteroatoms. The van der Waals surface area contributed by atoms with E-state index in [1.165, 1.54) is 16.8 Å². The summed E-state index contributed by atoms with van der Waals surface area (Å²) in [7, 11) is 0. The Bertz CT molecular complexity index is 790. The fourth-order valence-electron chi connectivity index (χ4n) is 1.97. The number of hydrogen-bond donors (Lipinski definition) is 2. The van der Waals surface area contributed by atoms with Gasteiger partial charge in [-0.25, -0.2) is 9.07 Å². The maximum Gasteiger partial charge on any atom is 0.277 e. The third-order valence-electron chi connectivity index (χ3n) is 3.17. The van der Waals surface area contributed by atoms with Crippen LogP contribution >= 0.6 is 0 Å². The SMILES string of the molecule is CCc1cc(NC(=O)c2ccn(-c3ccc(F)cc3)n2)n[nH]1. The number of amides is 1. The number of H-pyrrole nitrogens is 1. The van der Waals surface area contributed by atoms with Crippen LogP contribution in [-0.4, -0.2) is 25.9 Å². The van der Waals surface area contributed by atoms with Gasteiger partial charge in [0.1, 0.15) is 5.82 Å². The predicted octanol–water partition coefficient (Wildman–Crippen LogP) is 2.55. The summed E-state index contributed by atoms with van der Waals surface area (Å²) in [5, 5.41) is 13.7. The van der Waals surface area contributed by atoms with Crippen molar-refractivity contribution in [1.29, 1.82) is 0 Å². The molecule has 1 amide bonds. The number of carbonyl (C=O) groups excluding carboxylic acids is 1. The van der Waals surface area contributed by atoms with E-state index in [4.69, 9.17) is 0 Å². The van der Waals surface area contributed by atoms with E-state index in [9.17, 15) is 9.18 Å². The Labute approximate surface area is 126 Å². The van der Waals surface area contributed by atoms with Gasteiger partial charge in [-0.05, 0) is 36.8 Å². The second kappa shape index (κ2) is 5.80. The van der Waals surface area contributed by atoms with E-state index in [1.807, 2.05) is 6.92 Å². The van der Waals surface area contributed by atoms with Gasteiger partial charge < -0.3 is 5.32 Å². The van der Waals surface area contributed by atoms with Gasteiger partial charge in [-0.3, -0.25) is 9.89 Å². The average Bonchev–Trinajstić information content (AvgIpc) is 3.17. The summed E-state index contributed by atoms with van der Waals surface area (Å²) in [5.41, 5.74) is 1.87. The Morgan fingerprint density at radius 3 is 2.77 bits per heavy atom. The summed E-state index contributed by atoms with van der Waals surface area (Å²) in [5.74, 6) is -0.215. The second-order valence-electron chi connectivity index (χ2n) is 4.71. The minimum Gasteiger partial charge on any atom is -0.304 e. The van der Waals surface area contributed by atoms with Gasteiger partial charge in [0.25, 0.3) is 5.91 Å². The first-order valence-electron chi connectivity index (χ1n) is 6.83. The van der Waals surface area contributed by atoms with Gasteiger partial charge in [0.2, 0.25) is 0 Å². The molecule has 0 fully saturated rings. The number of aromatic amines is 1. The molecule has 0 bridgehead atoms. The zero-order valence-electron chi connectivity index (χ0n) is 11.9. The molecular formula is C15H14FN5O. The van der Waals surface area contributed by atoms with Crippen molar-refractivity contribution in [1.82, 2.24) is 20.0 Å². The van der Waals surface area contributed by atoms with Crippen LogP contribution in [0.15, 0.2) is 42.6 Å². The number of rotatable bonds is 4. The molecule has 6 nitrogen and oxygen atoms in total. The first kappa shape index (κ1) is 14.0. The van der Waals surface area contributed by atoms with Crippen LogP contribution in [0, 0.1) is 5.82 Å². The maximum atomic E-state index is 12.9. The highest BCUT2D eigenvalue weighted by molar-refractivity contribution is 6.02. The fourth-order valence-corrected chi connectivity index (χ4v) is 1.97. The summed E-state index contributed by atoms with van der Waals surface area (Å²) in [4.78, 5) is 12.1. The van der Waals surface area contributed by atoms with Gasteiger partial charge >= 0.3 is 0 Å². The molecule has 0 aliphatic heterocycles. The van der Waals surface area contributed by atoms with Gasteiger partial charge in [-0.15, -0.1) is 0 Å². The highest BCUT2D eigenvalue weighted by Gasteiger charge is 2.12. The smallest absolute Gasteiger partial charge is 0.277 e. The molecule has 0 saturated heterocycles. The molecule has 3 aromatic rings. The van der Waals surface area contributed by atoms with Crippen LogP contribution in [0.25, 0.3) is 5.69 Å². The quantitative estimate of drug-likeness (QED) is 0.777. The first-order valence-corrected chi connectivity index (χ1v) is 6.83. The number of halogens is 1. The lowest BCUT2D eigenvalue weighted by atomic mass is 10.3. The van der Waals surface area contributed by atoms with Gasteiger partial charge in [-0.1, -0.05) is 6.92 Å². The van der Waals surface area contributed by atoms with Crippen LogP contribution in [-0.2, 0) is 6.42 Å². The van der Waals surface area contributed by atoms with Crippen molar-refractivity contribution >= 4 is 11.7 Å². The van der Waals surface area contributed by atoms with Crippen LogP contribution in [0.2, 0.25) is 0 Å². The van der Waals surface area contributed by atoms with Gasteiger partial charge in [0.05, 0.1) is 5.69 Å². The van der Waals surface area contributed by atoms with Crippen molar-refractivity contribution in [2.24, 2.45) is 0 Å². The minimum absolute atomic E-state index is 0.255. The van der Waals surface area contributed by atoms with E-state index in [0.717, 1.165) is 12.1 Å². The molecule has 0 aliphatic carbocycles. The Hall–Kier alpha value is -2.96. The number of nitrogens with one attached hydrogen (secondary N) is 2. The lowest BCUT2D eigenvalue weighted by molar-refractivity contribution is 0.102. The predicted molar refractivity (Wildman–Crippen MR) is 79.4 cm³/mol. The first-order chi connectivity index (χ1) is 10.7. The molecule has 0 spiro atoms. The maximum absolute atomic E-state index is 12.9. The van der Waals surface area contributed by atoms with Crippen LogP contribution in [0.3, 0.4) is 0 Å². The highest BCUT2D eigenvalue weighted by Crippen LogP contribution is 2.11. The summed E-state index contributed by atoms with van der Waals surface area (Å²) in [6.07, 6.45) is 2.45. The van der Waals surface area contributed by atoms with Crippen molar-refractivity contribution in [3.8, 4) is 5.69 Å². The molecule has 2 aromatic heterocycles. The second-order valence-corrected chi connectivity index (χ2v) is 4.71. The van der Waals surface area contributed by atoms with Crippen molar-refractivity contribution in [3.63, 3.8) is 0 Å². The van der Waals surface area contributed by atoms with Gasteiger partial charge in [0, 0.05) is 18.0 Å². The molecule has 0 radical (unpaired) electrons. The van der Waals surface area contributed by atoms with E-state index < -0.39 is 0 Å². The third-order valence-corrected chi connectivity index (χ3v) is 3.17. The normalized spacial score (nSPS) is 10.6. The van der Waals surface area contributed by atoms with E-state index >= 15 is 0 Å². The lowest BCUT2D eigenvalue weighted by Gasteiger charge is -2.01. The molecule has 0 unspecified atom stereocenters. The van der Waals surface area contributed by atoms with Crippen LogP contribution in [0.5, 0.6) is 0 Å². The third kappa shape index (κ3) is 2.88. The summed E-state index contributed by atoms with van der Waals surface area (Å²) >= 11 is 0. The molecule has 0 atom stereocenters. The van der Waals surface area contributed by atoms with E-state index in [2.05, 4.69) is 20.6 Å². The average molecular weight is 299 g/mol. The zero-order chi connectivity index (χ0) is 15.5. The zero-order valence-corrected chi connectivity index (χ0v) is 11.9. The number of benzene rings is 1. The number of aryl methyl sites for hydroxylation is 1. The molecule has 0 saturated carbocycles. The van der Waals surface area contributed by atoms with Crippen LogP contribution in [0.4, 0.5) is 10.2 Å². The summed E-state index contributed by atoms with van der Waals surface area (Å²) in [6.45, 7) is 1.99. The van der Waals surface area contributed by atoms with Crippen molar-refractivity contribution in [2.45, 2.75) is 13.3 Å². The summed E-state index contributed by atoms with van der Waals surface area (Å²) in [6, 6.07) is 9.22. The number of anilines is 1. The molecule has 112 valence electrons. The van der Waals surface area contributed by atoms with E-state index in [0.29, 0.717) is 11.5 Å². The van der Waals surface area contributed by atoms with E-state index in [-0.39, 0.29) is 17.4 Å². The molecule has 1 aromatic carbocycles. The number of hydrogen-bond acceptors (Lipinski definition) is 3. The van der Waals surface area contributed by atoms with E-state index in [1.54, 1.807) is 30.5 Å². The fraction of sp³-hybridized carbons (Fsp3) is 0.133. The minimum atomic E-state index is -0.352. The molecule has 3 rings (SSSR count). The molecule has 22 heavy (non-hydrogen) atoms. The highest BCUT2D eigenvalue weighted by atomic mass is 19.1. The van der Waals surface area contributed by atoms with Crippen molar-refractivity contribution < 1.29 is 9.18 Å². The molecule has 0 aliphatic rings. The van der Waals surface area contributed by atoms with Gasteiger partial charge in [0.15, 0.2) is 11.5 Å². The Morgan fingerprint density at radius 2 is 2.09 bits per heavy atom. The topological polar surface area (TPSA) is 75.6 Å². The van der Waals surface area contributed by atoms with Crippen LogP contribution < -0.4 is 5.32 Å². The Kier molecular flexibility index (Phi) is 3.69. The standard InChI is InChI=1S/C15H14FN5O/c1-2-11-9-14(19-18-11)17-15(22)13-7-8-21(20-13)12-5-3-10(16)4-6-12/h3-9H,2H2,1H3,(H2,17,18,19,22). The number of aromatic nitrogens is 4. The van der Waals surface area contributed by atoms with Crippen LogP contribution in [0.1, 0.15) is 23.1 Å². The number of nitrogens with zero attached hydrogens (tertiary/aromatic N) is 3. The molecule has 2 heterocycles. The molecular weight excluding hydrogens is 285 g/mol. The summed E-state index contributed by atoms with van der Waals surface area (Å²) < 4.78 is 14.4. The number of carbonyl (C=O) groups is 1. The molecule has 2 N–H and O–H groups in total. The van der Waals surface area contributed by atoms with Gasteiger partial charge in [-0.2, -0.15) is 10.2 Å².